The summed E-state index contributed by atoms with van der Waals surface area (Å²) in [7, 11) is 0. The van der Waals surface area contributed by atoms with E-state index in [0.717, 1.165) is 0 Å². The van der Waals surface area contributed by atoms with E-state index in [2.05, 4.69) is 74.3 Å². The molecule has 461 valence electrons. The molecule has 0 aliphatic heterocycles. The lowest BCUT2D eigenvalue weighted by Crippen LogP contribution is -1.91. The standard InChI is InChI=1S/C75H143S3/c1-4-7-10-13-16-19-22-25-28-31-34-37-40-43-46-49-52-55-58-61-64-70-76-73-68-67-69-74(77-71-65-62-59-56-53-50-47-44-41-38-35-32-29-26-23-20-17-14-11-8-5-2)75(73)78-72-66-63-60-57-54-51-48-45-42-39-36-33-30-27-24-21-18-15-12-9-6-3/h68-69H,4-66,70-72H2,1-3H3. The number of benzene rings is 1. The van der Waals surface area contributed by atoms with Gasteiger partial charge < -0.3 is 0 Å². The first-order chi connectivity index (χ1) is 38.8. The number of thioether (sulfide) groups is 3. The number of hydrogen-bond donors (Lipinski definition) is 0. The minimum Gasteiger partial charge on any atom is -0.125 e. The first-order valence-corrected chi connectivity index (χ1v) is 39.7. The van der Waals surface area contributed by atoms with Crippen molar-refractivity contribution in [1.82, 2.24) is 0 Å². The average molecular weight is 1140 g/mol. The summed E-state index contributed by atoms with van der Waals surface area (Å²) < 4.78 is 0. The molecule has 0 aliphatic rings. The SMILES string of the molecule is CCCCCCCCCCCCCCCCCCCCCCCSc1c[c]cc(SCCCCCCCCCCCCCCCCCCCCCCC)c1SCCCCCCCCCCCCCCCCCCCCCCC. The van der Waals surface area contributed by atoms with Crippen LogP contribution in [0.3, 0.4) is 0 Å². The molecule has 78 heavy (non-hydrogen) atoms. The zero-order chi connectivity index (χ0) is 55.6. The van der Waals surface area contributed by atoms with Crippen LogP contribution in [0.25, 0.3) is 0 Å². The van der Waals surface area contributed by atoms with Gasteiger partial charge in [-0.25, -0.2) is 0 Å². The lowest BCUT2D eigenvalue weighted by molar-refractivity contribution is 0.521. The predicted molar refractivity (Wildman–Crippen MR) is 365 cm³/mol. The second-order valence-electron chi connectivity index (χ2n) is 25.3. The van der Waals surface area contributed by atoms with Crippen molar-refractivity contribution in [2.45, 2.75) is 440 Å². The van der Waals surface area contributed by atoms with Gasteiger partial charge in [-0.3, -0.25) is 0 Å². The molecule has 0 nitrogen and oxygen atoms in total. The van der Waals surface area contributed by atoms with Crippen LogP contribution < -0.4 is 0 Å². The van der Waals surface area contributed by atoms with E-state index in [-0.39, 0.29) is 0 Å². The van der Waals surface area contributed by atoms with Gasteiger partial charge in [0.15, 0.2) is 0 Å². The van der Waals surface area contributed by atoms with Crippen LogP contribution in [0.5, 0.6) is 0 Å². The van der Waals surface area contributed by atoms with E-state index in [9.17, 15) is 0 Å². The molecule has 0 aromatic heterocycles. The summed E-state index contributed by atoms with van der Waals surface area (Å²) in [5, 5.41) is 0. The Hall–Kier alpha value is 0.270. The summed E-state index contributed by atoms with van der Waals surface area (Å²) in [5.74, 6) is 3.82. The van der Waals surface area contributed by atoms with Crippen LogP contribution in [-0.2, 0) is 0 Å². The van der Waals surface area contributed by atoms with Gasteiger partial charge in [0.25, 0.3) is 0 Å². The second-order valence-corrected chi connectivity index (χ2v) is 28.7. The van der Waals surface area contributed by atoms with Crippen molar-refractivity contribution in [3.05, 3.63) is 18.2 Å². The molecule has 0 amide bonds. The molecule has 0 N–H and O–H groups in total. The van der Waals surface area contributed by atoms with Crippen molar-refractivity contribution in [3.8, 4) is 0 Å². The summed E-state index contributed by atoms with van der Waals surface area (Å²) >= 11 is 6.48. The molecule has 0 heterocycles. The number of hydrogen-bond acceptors (Lipinski definition) is 3. The van der Waals surface area contributed by atoms with Gasteiger partial charge in [0, 0.05) is 14.7 Å². The van der Waals surface area contributed by atoms with Crippen LogP contribution in [0.15, 0.2) is 26.8 Å². The lowest BCUT2D eigenvalue weighted by Gasteiger charge is -2.14. The summed E-state index contributed by atoms with van der Waals surface area (Å²) in [6.07, 6.45) is 91.8. The molecule has 3 heteroatoms. The van der Waals surface area contributed by atoms with Crippen molar-refractivity contribution in [2.75, 3.05) is 17.3 Å². The van der Waals surface area contributed by atoms with E-state index in [0.29, 0.717) is 0 Å². The predicted octanol–water partition coefficient (Wildman–Crippen LogP) is 29.4. The molecular weight excluding hydrogens is 997 g/mol. The summed E-state index contributed by atoms with van der Waals surface area (Å²) in [5.41, 5.74) is 0. The summed E-state index contributed by atoms with van der Waals surface area (Å²) in [6.45, 7) is 6.96. The second kappa shape index (κ2) is 68.1. The van der Waals surface area contributed by atoms with Gasteiger partial charge in [-0.1, -0.05) is 406 Å². The fourth-order valence-corrected chi connectivity index (χ4v) is 15.6. The zero-order valence-corrected chi connectivity index (χ0v) is 56.5. The highest BCUT2D eigenvalue weighted by Crippen LogP contribution is 2.40. The monoisotopic (exact) mass is 1140 g/mol. The number of unbranched alkanes of at least 4 members (excludes halogenated alkanes) is 60. The normalized spacial score (nSPS) is 11.7. The Morgan fingerprint density at radius 1 is 0.192 bits per heavy atom. The van der Waals surface area contributed by atoms with Crippen molar-refractivity contribution in [1.29, 1.82) is 0 Å². The van der Waals surface area contributed by atoms with Gasteiger partial charge >= 0.3 is 0 Å². The Balaban J connectivity index is 2.25. The third-order valence-corrected chi connectivity index (χ3v) is 21.1. The molecule has 1 aromatic carbocycles. The first-order valence-electron chi connectivity index (χ1n) is 36.8. The van der Waals surface area contributed by atoms with E-state index in [1.165, 1.54) is 432 Å². The van der Waals surface area contributed by atoms with Crippen molar-refractivity contribution >= 4 is 35.3 Å². The Morgan fingerprint density at radius 3 is 0.500 bits per heavy atom. The van der Waals surface area contributed by atoms with Gasteiger partial charge in [-0.15, -0.1) is 35.3 Å². The highest BCUT2D eigenvalue weighted by atomic mass is 32.2. The quantitative estimate of drug-likeness (QED) is 0.0471. The van der Waals surface area contributed by atoms with Crippen LogP contribution in [0.2, 0.25) is 0 Å². The van der Waals surface area contributed by atoms with Gasteiger partial charge in [-0.2, -0.15) is 0 Å². The lowest BCUT2D eigenvalue weighted by atomic mass is 10.0. The Morgan fingerprint density at radius 2 is 0.333 bits per heavy atom. The molecular formula is C75H143S3. The topological polar surface area (TPSA) is 0 Å². The first kappa shape index (κ1) is 76.3. The minimum atomic E-state index is 1.27. The zero-order valence-electron chi connectivity index (χ0n) is 54.0. The Bertz CT molecular complexity index is 1160. The fourth-order valence-electron chi connectivity index (χ4n) is 11.9. The smallest absolute Gasteiger partial charge is 0.0345 e. The minimum absolute atomic E-state index is 1.27. The van der Waals surface area contributed by atoms with E-state index in [1.54, 1.807) is 4.90 Å². The molecule has 1 radical (unpaired) electrons. The molecule has 0 fully saturated rings. The Labute approximate surface area is 507 Å². The van der Waals surface area contributed by atoms with Gasteiger partial charge in [0.05, 0.1) is 0 Å². The molecule has 0 aliphatic carbocycles. The maximum Gasteiger partial charge on any atom is 0.0345 e. The fraction of sp³-hybridized carbons (Fsp3) is 0.920. The molecule has 0 bridgehead atoms. The van der Waals surface area contributed by atoms with Crippen LogP contribution >= 0.6 is 35.3 Å². The third-order valence-electron chi connectivity index (χ3n) is 17.4. The molecule has 0 spiro atoms. The van der Waals surface area contributed by atoms with Crippen LogP contribution in [0.1, 0.15) is 425 Å². The number of rotatable bonds is 69. The molecule has 0 saturated heterocycles. The molecule has 0 unspecified atom stereocenters. The molecule has 1 aromatic rings. The maximum atomic E-state index is 3.61. The van der Waals surface area contributed by atoms with E-state index >= 15 is 0 Å². The van der Waals surface area contributed by atoms with Crippen molar-refractivity contribution in [2.24, 2.45) is 0 Å². The van der Waals surface area contributed by atoms with Gasteiger partial charge in [0.1, 0.15) is 0 Å². The third kappa shape index (κ3) is 58.1. The highest BCUT2D eigenvalue weighted by molar-refractivity contribution is 8.03. The molecule has 0 saturated carbocycles. The van der Waals surface area contributed by atoms with E-state index < -0.39 is 0 Å². The average Bonchev–Trinajstić information content (AvgIpc) is 3.46. The molecule has 1 rings (SSSR count). The van der Waals surface area contributed by atoms with E-state index in [1.807, 2.05) is 0 Å². The van der Waals surface area contributed by atoms with Crippen molar-refractivity contribution in [3.63, 3.8) is 0 Å². The van der Waals surface area contributed by atoms with Crippen LogP contribution in [0, 0.1) is 6.07 Å². The maximum absolute atomic E-state index is 3.61. The highest BCUT2D eigenvalue weighted by Gasteiger charge is 2.11. The van der Waals surface area contributed by atoms with Gasteiger partial charge in [0.2, 0.25) is 0 Å². The largest absolute Gasteiger partial charge is 0.125 e. The molecule has 0 atom stereocenters. The van der Waals surface area contributed by atoms with Crippen molar-refractivity contribution < 1.29 is 0 Å². The van der Waals surface area contributed by atoms with E-state index in [4.69, 9.17) is 0 Å². The van der Waals surface area contributed by atoms with Crippen LogP contribution in [-0.4, -0.2) is 17.3 Å². The Kier molecular flexibility index (Phi) is 66.6. The van der Waals surface area contributed by atoms with Gasteiger partial charge in [-0.05, 0) is 54.7 Å². The summed E-state index contributed by atoms with van der Waals surface area (Å²) in [6, 6.07) is 8.29. The summed E-state index contributed by atoms with van der Waals surface area (Å²) in [4.78, 5) is 4.66. The van der Waals surface area contributed by atoms with Crippen LogP contribution in [0.4, 0.5) is 0 Å².